The highest BCUT2D eigenvalue weighted by Crippen LogP contribution is 2.30. The van der Waals surface area contributed by atoms with E-state index in [1.807, 2.05) is 84.7 Å². The maximum atomic E-state index is 14.1. The van der Waals surface area contributed by atoms with Crippen molar-refractivity contribution in [1.82, 2.24) is 9.55 Å². The van der Waals surface area contributed by atoms with Crippen molar-refractivity contribution >= 4 is 34.3 Å². The second-order valence-corrected chi connectivity index (χ2v) is 12.7. The van der Waals surface area contributed by atoms with E-state index in [9.17, 15) is 4.79 Å². The molecule has 6 aromatic rings. The number of aryl methyl sites for hydroxylation is 4. The van der Waals surface area contributed by atoms with Crippen LogP contribution in [0.1, 0.15) is 58.0 Å². The number of imidazole rings is 1. The molecule has 0 saturated heterocycles. The van der Waals surface area contributed by atoms with Gasteiger partial charge in [-0.05, 0) is 59.7 Å². The average molecular weight is 662 g/mol. The van der Waals surface area contributed by atoms with Gasteiger partial charge >= 0.3 is 0 Å². The van der Waals surface area contributed by atoms with E-state index in [0.717, 1.165) is 52.9 Å². The highest BCUT2D eigenvalue weighted by atomic mass is 16.2. The number of nitrogens with zero attached hydrogens (tertiary/aromatic N) is 3. The van der Waals surface area contributed by atoms with Gasteiger partial charge in [-0.1, -0.05) is 109 Å². The molecule has 0 bridgehead atoms. The van der Waals surface area contributed by atoms with Crippen molar-refractivity contribution in [3.05, 3.63) is 167 Å². The smallest absolute Gasteiger partial charge is 0.227 e. The first-order valence-corrected chi connectivity index (χ1v) is 17.0. The van der Waals surface area contributed by atoms with Crippen LogP contribution in [0.15, 0.2) is 127 Å². The zero-order valence-corrected chi connectivity index (χ0v) is 28.3. The van der Waals surface area contributed by atoms with E-state index >= 15 is 0 Å². The minimum atomic E-state index is 0.0292. The molecule has 0 spiro atoms. The Labute approximate surface area is 293 Å². The predicted octanol–water partition coefficient (Wildman–Crippen LogP) is 7.11. The van der Waals surface area contributed by atoms with E-state index in [-0.39, 0.29) is 23.5 Å². The Bertz CT molecular complexity index is 2050. The van der Waals surface area contributed by atoms with E-state index in [1.165, 1.54) is 11.1 Å². The summed E-state index contributed by atoms with van der Waals surface area (Å²) in [6, 6.07) is 42.4. The van der Waals surface area contributed by atoms with Crippen LogP contribution in [-0.2, 0) is 31.1 Å². The van der Waals surface area contributed by atoms with Crippen LogP contribution in [-0.4, -0.2) is 33.7 Å². The van der Waals surface area contributed by atoms with Gasteiger partial charge in [0, 0.05) is 49.2 Å². The summed E-state index contributed by atoms with van der Waals surface area (Å²) < 4.78 is 2.13. The molecule has 0 radical (unpaired) electrons. The quantitative estimate of drug-likeness (QED) is 0.0730. The summed E-state index contributed by atoms with van der Waals surface area (Å²) in [5, 5.41) is 15.3. The Morgan fingerprint density at radius 1 is 0.720 bits per heavy atom. The number of hydrogen-bond acceptors (Lipinski definition) is 4. The molecule has 5 aromatic carbocycles. The summed E-state index contributed by atoms with van der Waals surface area (Å²) in [5.74, 6) is 1.23. The van der Waals surface area contributed by atoms with Gasteiger partial charge in [0.25, 0.3) is 0 Å². The summed E-state index contributed by atoms with van der Waals surface area (Å²) in [7, 11) is 2.04. The summed E-state index contributed by atoms with van der Waals surface area (Å²) in [4.78, 5) is 21.1. The molecule has 1 aromatic heterocycles. The lowest BCUT2D eigenvalue weighted by Crippen LogP contribution is -2.33. The monoisotopic (exact) mass is 661 g/mol. The van der Waals surface area contributed by atoms with Crippen molar-refractivity contribution in [2.75, 3.05) is 11.4 Å². The van der Waals surface area contributed by atoms with Gasteiger partial charge in [-0.2, -0.15) is 0 Å². The summed E-state index contributed by atoms with van der Waals surface area (Å²) in [6.07, 6.45) is 3.23. The molecule has 0 fully saturated rings. The molecule has 8 nitrogen and oxygen atoms in total. The summed E-state index contributed by atoms with van der Waals surface area (Å²) >= 11 is 0. The molecule has 0 unspecified atom stereocenters. The largest absolute Gasteiger partial charge is 0.384 e. The molecule has 252 valence electrons. The minimum Gasteiger partial charge on any atom is -0.384 e. The average Bonchev–Trinajstić information content (AvgIpc) is 3.46. The highest BCUT2D eigenvalue weighted by molar-refractivity contribution is 5.96. The molecule has 0 saturated carbocycles. The first kappa shape index (κ1) is 33.9. The van der Waals surface area contributed by atoms with Crippen LogP contribution in [0.5, 0.6) is 0 Å². The Hall–Kier alpha value is -6.02. The number of hydrogen-bond donors (Lipinski definition) is 4. The third-order valence-corrected chi connectivity index (χ3v) is 9.41. The number of nitrogens with one attached hydrogen (secondary N) is 2. The number of nitrogen functional groups attached to an aromatic ring is 2. The second kappa shape index (κ2) is 15.5. The van der Waals surface area contributed by atoms with Crippen molar-refractivity contribution in [3.8, 4) is 0 Å². The van der Waals surface area contributed by atoms with Crippen molar-refractivity contribution in [1.29, 1.82) is 10.8 Å². The van der Waals surface area contributed by atoms with Gasteiger partial charge < -0.3 is 20.9 Å². The number of nitrogens with two attached hydrogens (primary N) is 2. The molecule has 0 atom stereocenters. The maximum Gasteiger partial charge on any atom is 0.227 e. The van der Waals surface area contributed by atoms with Gasteiger partial charge in [-0.25, -0.2) is 4.98 Å². The normalized spacial score (nSPS) is 11.2. The van der Waals surface area contributed by atoms with Gasteiger partial charge in [0.2, 0.25) is 5.91 Å². The molecule has 0 aliphatic heterocycles. The van der Waals surface area contributed by atoms with Crippen molar-refractivity contribution in [3.63, 3.8) is 0 Å². The minimum absolute atomic E-state index is 0.0292. The topological polar surface area (TPSA) is 138 Å². The Balaban J connectivity index is 1.26. The van der Waals surface area contributed by atoms with E-state index in [2.05, 4.69) is 59.2 Å². The van der Waals surface area contributed by atoms with Gasteiger partial charge in [0.1, 0.15) is 17.5 Å². The van der Waals surface area contributed by atoms with Crippen LogP contribution in [0, 0.1) is 10.8 Å². The molecule has 0 aliphatic carbocycles. The predicted molar refractivity (Wildman–Crippen MR) is 203 cm³/mol. The number of rotatable bonds is 14. The fraction of sp³-hybridized carbons (Fsp3) is 0.190. The van der Waals surface area contributed by atoms with E-state index in [4.69, 9.17) is 27.3 Å². The van der Waals surface area contributed by atoms with E-state index in [0.29, 0.717) is 30.5 Å². The third kappa shape index (κ3) is 7.98. The molecular formula is C42H43N7O. The maximum absolute atomic E-state index is 14.1. The van der Waals surface area contributed by atoms with Gasteiger partial charge in [-0.3, -0.25) is 15.6 Å². The van der Waals surface area contributed by atoms with Gasteiger partial charge in [0.05, 0.1) is 11.0 Å². The summed E-state index contributed by atoms with van der Waals surface area (Å²) in [5.41, 5.74) is 20.0. The van der Waals surface area contributed by atoms with E-state index in [1.54, 1.807) is 0 Å². The van der Waals surface area contributed by atoms with Gasteiger partial charge in [0.15, 0.2) is 0 Å². The Morgan fingerprint density at radius 2 is 1.26 bits per heavy atom. The molecule has 50 heavy (non-hydrogen) atoms. The Morgan fingerprint density at radius 3 is 1.80 bits per heavy atom. The van der Waals surface area contributed by atoms with Crippen molar-refractivity contribution in [2.45, 2.75) is 38.0 Å². The highest BCUT2D eigenvalue weighted by Gasteiger charge is 2.22. The summed E-state index contributed by atoms with van der Waals surface area (Å²) in [6.45, 7) is 0.540. The van der Waals surface area contributed by atoms with Gasteiger partial charge in [-0.15, -0.1) is 0 Å². The van der Waals surface area contributed by atoms with Crippen LogP contribution in [0.25, 0.3) is 11.0 Å². The first-order chi connectivity index (χ1) is 24.3. The first-order valence-electron chi connectivity index (χ1n) is 17.0. The SMILES string of the molecule is Cn1c(CCc2ccc(C(=N)N)cc2)nc2cc(N(CCC(c3ccccc3)c3ccccc3)C(=O)CCc3ccc(C(=N)N)cc3)ccc21. The fourth-order valence-corrected chi connectivity index (χ4v) is 6.53. The fourth-order valence-electron chi connectivity index (χ4n) is 6.53. The number of carbonyl (C=O) groups is 1. The molecule has 6 N–H and O–H groups in total. The number of amides is 1. The second-order valence-electron chi connectivity index (χ2n) is 12.7. The lowest BCUT2D eigenvalue weighted by atomic mass is 9.88. The third-order valence-electron chi connectivity index (χ3n) is 9.41. The zero-order chi connectivity index (χ0) is 35.0. The molecular weight excluding hydrogens is 619 g/mol. The number of aromatic nitrogens is 2. The lowest BCUT2D eigenvalue weighted by Gasteiger charge is -2.26. The standard InChI is InChI=1S/C42H43N7O/c1-48-38-23-22-35(28-37(38)47-39(48)24-16-29-12-18-33(19-13-29)41(43)44)49(40(50)25-17-30-14-20-34(21-15-30)42(45)46)27-26-36(31-8-4-2-5-9-31)32-10-6-3-7-11-32/h2-15,18-23,28,36H,16-17,24-27H2,1H3,(H3,43,44)(H3,45,46). The van der Waals surface area contributed by atoms with Crippen LogP contribution in [0.3, 0.4) is 0 Å². The van der Waals surface area contributed by atoms with Crippen LogP contribution in [0.4, 0.5) is 5.69 Å². The molecule has 6 rings (SSSR count). The molecule has 1 amide bonds. The van der Waals surface area contributed by atoms with Crippen molar-refractivity contribution in [2.24, 2.45) is 18.5 Å². The van der Waals surface area contributed by atoms with Crippen LogP contribution >= 0.6 is 0 Å². The number of anilines is 1. The number of amidine groups is 2. The molecule has 0 aliphatic rings. The zero-order valence-electron chi connectivity index (χ0n) is 28.3. The van der Waals surface area contributed by atoms with Crippen LogP contribution in [0.2, 0.25) is 0 Å². The Kier molecular flexibility index (Phi) is 10.5. The van der Waals surface area contributed by atoms with Crippen LogP contribution < -0.4 is 16.4 Å². The number of fused-ring (bicyclic) bond motifs is 1. The molecule has 8 heteroatoms. The lowest BCUT2D eigenvalue weighted by molar-refractivity contribution is -0.118. The number of benzene rings is 5. The van der Waals surface area contributed by atoms with Crippen molar-refractivity contribution < 1.29 is 4.79 Å². The number of carbonyl (C=O) groups excluding carboxylic acids is 1. The molecule has 1 heterocycles. The van der Waals surface area contributed by atoms with E-state index < -0.39 is 0 Å².